The van der Waals surface area contributed by atoms with Crippen molar-refractivity contribution >= 4 is 41.8 Å². The lowest BCUT2D eigenvalue weighted by Gasteiger charge is -2.62. The van der Waals surface area contributed by atoms with E-state index < -0.39 is 127 Å². The van der Waals surface area contributed by atoms with Crippen molar-refractivity contribution < 1.29 is 87.1 Å². The molecule has 56 heavy (non-hydrogen) atoms. The van der Waals surface area contributed by atoms with Crippen LogP contribution in [0.5, 0.6) is 0 Å². The molecule has 2 fully saturated rings. The smallest absolute Gasteiger partial charge is 0.344 e. The molecule has 0 unspecified atom stereocenters. The Morgan fingerprint density at radius 1 is 0.786 bits per heavy atom. The Labute approximate surface area is 324 Å². The Hall–Kier alpha value is -4.39. The zero-order valence-electron chi connectivity index (χ0n) is 33.0. The van der Waals surface area contributed by atoms with Crippen LogP contribution in [-0.4, -0.2) is 130 Å². The third-order valence-corrected chi connectivity index (χ3v) is 10.2. The SMILES string of the molecule is CC(=O)O[C@H]1[C@@H](OC(=O)CC(C)C)[C@](O)(CO)[C@@H]2[C@H](OC(C)=O)[C@@]3(O)[C@H](/C=C(CO)\C=C/[C@H](OC(=O)COC(=O)CC(C)C)[C@@]2(C)[C@H]1OC(C)=O)OC(=O)[C@@H]3C. The number of esters is 7. The van der Waals surface area contributed by atoms with Gasteiger partial charge in [-0.3, -0.25) is 28.8 Å². The molecule has 0 amide bonds. The van der Waals surface area contributed by atoms with E-state index in [1.807, 2.05) is 0 Å². The van der Waals surface area contributed by atoms with Gasteiger partial charge in [0.1, 0.15) is 17.8 Å². The van der Waals surface area contributed by atoms with E-state index in [1.165, 1.54) is 19.9 Å². The number of hydrogen-bond donors (Lipinski definition) is 4. The molecular weight excluding hydrogens is 744 g/mol. The number of ether oxygens (including phenoxy) is 7. The highest BCUT2D eigenvalue weighted by atomic mass is 16.6. The van der Waals surface area contributed by atoms with E-state index in [2.05, 4.69) is 0 Å². The molecule has 0 radical (unpaired) electrons. The van der Waals surface area contributed by atoms with Crippen LogP contribution < -0.4 is 0 Å². The van der Waals surface area contributed by atoms with Gasteiger partial charge in [-0.1, -0.05) is 40.7 Å². The predicted octanol–water partition coefficient (Wildman–Crippen LogP) is 0.381. The number of carbonyl (C=O) groups excluding carboxylic acids is 7. The van der Waals surface area contributed by atoms with E-state index in [0.717, 1.165) is 32.9 Å². The summed E-state index contributed by atoms with van der Waals surface area (Å²) in [6, 6.07) is 0. The van der Waals surface area contributed by atoms with Crippen LogP contribution in [0.15, 0.2) is 23.8 Å². The first-order chi connectivity index (χ1) is 26.0. The first kappa shape index (κ1) is 46.0. The van der Waals surface area contributed by atoms with E-state index in [1.54, 1.807) is 27.7 Å². The number of rotatable bonds is 13. The van der Waals surface area contributed by atoms with Crippen molar-refractivity contribution in [2.75, 3.05) is 19.8 Å². The number of aliphatic hydroxyl groups excluding tert-OH is 2. The lowest BCUT2D eigenvalue weighted by molar-refractivity contribution is -0.322. The number of aliphatic hydroxyl groups is 4. The molecule has 0 aromatic carbocycles. The van der Waals surface area contributed by atoms with E-state index in [9.17, 15) is 54.0 Å². The Morgan fingerprint density at radius 2 is 1.34 bits per heavy atom. The average molecular weight is 799 g/mol. The molecule has 1 saturated heterocycles. The summed E-state index contributed by atoms with van der Waals surface area (Å²) in [7, 11) is 0. The summed E-state index contributed by atoms with van der Waals surface area (Å²) in [6.07, 6.45) is -8.79. The van der Waals surface area contributed by atoms with Gasteiger partial charge in [-0.25, -0.2) is 4.79 Å². The van der Waals surface area contributed by atoms with Crippen LogP contribution in [-0.2, 0) is 66.7 Å². The van der Waals surface area contributed by atoms with Crippen molar-refractivity contribution in [2.45, 2.75) is 123 Å². The first-order valence-corrected chi connectivity index (χ1v) is 18.3. The maximum Gasteiger partial charge on any atom is 0.344 e. The van der Waals surface area contributed by atoms with Gasteiger partial charge >= 0.3 is 41.8 Å². The maximum absolute atomic E-state index is 13.6. The van der Waals surface area contributed by atoms with Gasteiger partial charge in [-0.15, -0.1) is 0 Å². The normalized spacial score (nSPS) is 35.4. The van der Waals surface area contributed by atoms with E-state index in [-0.39, 0.29) is 30.3 Å². The van der Waals surface area contributed by atoms with Crippen LogP contribution in [0.2, 0.25) is 0 Å². The molecule has 1 heterocycles. The molecule has 0 bridgehead atoms. The third-order valence-electron chi connectivity index (χ3n) is 10.2. The summed E-state index contributed by atoms with van der Waals surface area (Å²) in [5, 5.41) is 47.5. The minimum absolute atomic E-state index is 0.0438. The van der Waals surface area contributed by atoms with Crippen LogP contribution in [0.1, 0.15) is 75.2 Å². The molecule has 314 valence electrons. The summed E-state index contributed by atoms with van der Waals surface area (Å²) in [4.78, 5) is 91.6. The highest BCUT2D eigenvalue weighted by Gasteiger charge is 2.76. The third kappa shape index (κ3) is 9.58. The molecule has 4 N–H and O–H groups in total. The molecular formula is C38H54O18. The standard InChI is InChI=1S/C38H54O18/c1-18(2)12-27(44)50-16-29(46)54-25-11-10-24(15-39)14-26-38(49,20(5)35(47)55-26)34(53-23(8)43)31-36(25,9)32(52-22(7)42)30(51-21(6)41)33(37(31,48)17-40)56-28(45)13-19(3)4/h10-11,14,18-20,25-26,30-34,39-40,48-49H,12-13,15-17H2,1-9H3/b11-10-,24-14+/t20-,25-,26-,30+,31+,32-,33+,34-,36+,37-,38-/m0/s1. The Balaban J connectivity index is 2.56. The fraction of sp³-hybridized carbons (Fsp3) is 0.711. The summed E-state index contributed by atoms with van der Waals surface area (Å²) in [5.74, 6) is -11.3. The van der Waals surface area contributed by atoms with E-state index in [4.69, 9.17) is 33.2 Å². The van der Waals surface area contributed by atoms with Crippen LogP contribution >= 0.6 is 0 Å². The second-order valence-corrected chi connectivity index (χ2v) is 15.5. The van der Waals surface area contributed by atoms with Gasteiger partial charge < -0.3 is 53.6 Å². The van der Waals surface area contributed by atoms with Crippen LogP contribution in [0.25, 0.3) is 0 Å². The average Bonchev–Trinajstić information content (AvgIpc) is 3.30. The largest absolute Gasteiger partial charge is 0.459 e. The molecule has 2 aliphatic carbocycles. The highest BCUT2D eigenvalue weighted by molar-refractivity contribution is 5.78. The van der Waals surface area contributed by atoms with Crippen LogP contribution in [0.3, 0.4) is 0 Å². The summed E-state index contributed by atoms with van der Waals surface area (Å²) in [5.41, 5.74) is -8.10. The molecule has 3 rings (SSSR count). The summed E-state index contributed by atoms with van der Waals surface area (Å²) < 4.78 is 39.6. The highest BCUT2D eigenvalue weighted by Crippen LogP contribution is 2.58. The molecule has 0 aromatic rings. The zero-order chi connectivity index (χ0) is 42.5. The Morgan fingerprint density at radius 3 is 1.86 bits per heavy atom. The summed E-state index contributed by atoms with van der Waals surface area (Å²) >= 11 is 0. The number of hydrogen-bond acceptors (Lipinski definition) is 18. The lowest BCUT2D eigenvalue weighted by Crippen LogP contribution is -2.80. The Kier molecular flexibility index (Phi) is 15.0. The zero-order valence-corrected chi connectivity index (χ0v) is 33.0. The molecule has 0 spiro atoms. The molecule has 1 saturated carbocycles. The van der Waals surface area contributed by atoms with Crippen LogP contribution in [0.4, 0.5) is 0 Å². The summed E-state index contributed by atoms with van der Waals surface area (Å²) in [6.45, 7) is 9.01. The van der Waals surface area contributed by atoms with Crippen molar-refractivity contribution in [1.29, 1.82) is 0 Å². The van der Waals surface area contributed by atoms with Crippen LogP contribution in [0, 0.1) is 29.1 Å². The lowest BCUT2D eigenvalue weighted by atomic mass is 9.50. The number of fused-ring (bicyclic) bond motifs is 2. The molecule has 0 aromatic heterocycles. The molecule has 3 aliphatic rings. The first-order valence-electron chi connectivity index (χ1n) is 18.3. The van der Waals surface area contributed by atoms with Gasteiger partial charge in [-0.2, -0.15) is 0 Å². The molecule has 11 atom stereocenters. The van der Waals surface area contributed by atoms with Gasteiger partial charge in [0.15, 0.2) is 36.6 Å². The number of carbonyl (C=O) groups is 7. The monoisotopic (exact) mass is 798 g/mol. The van der Waals surface area contributed by atoms with Gasteiger partial charge in [0, 0.05) is 39.5 Å². The van der Waals surface area contributed by atoms with Gasteiger partial charge in [0.25, 0.3) is 0 Å². The molecule has 18 heteroatoms. The Bertz CT molecular complexity index is 1580. The minimum Gasteiger partial charge on any atom is -0.459 e. The second kappa shape index (κ2) is 18.3. The maximum atomic E-state index is 13.6. The topological polar surface area (TPSA) is 265 Å². The predicted molar refractivity (Wildman–Crippen MR) is 188 cm³/mol. The fourth-order valence-corrected chi connectivity index (χ4v) is 7.77. The minimum atomic E-state index is -2.99. The fourth-order valence-electron chi connectivity index (χ4n) is 7.77. The molecule has 1 aliphatic heterocycles. The second-order valence-electron chi connectivity index (χ2n) is 15.5. The van der Waals surface area contributed by atoms with E-state index >= 15 is 0 Å². The van der Waals surface area contributed by atoms with Gasteiger partial charge in [0.2, 0.25) is 0 Å². The van der Waals surface area contributed by atoms with Crippen molar-refractivity contribution in [3.8, 4) is 0 Å². The van der Waals surface area contributed by atoms with Gasteiger partial charge in [-0.05, 0) is 36.5 Å². The van der Waals surface area contributed by atoms with Crippen molar-refractivity contribution in [3.63, 3.8) is 0 Å². The van der Waals surface area contributed by atoms with Crippen molar-refractivity contribution in [1.82, 2.24) is 0 Å². The van der Waals surface area contributed by atoms with E-state index in [0.29, 0.717) is 0 Å². The van der Waals surface area contributed by atoms with Crippen molar-refractivity contribution in [3.05, 3.63) is 23.8 Å². The van der Waals surface area contributed by atoms with Crippen molar-refractivity contribution in [2.24, 2.45) is 29.1 Å². The quantitative estimate of drug-likeness (QED) is 0.145. The van der Waals surface area contributed by atoms with Gasteiger partial charge in [0.05, 0.1) is 24.5 Å². The molecule has 18 nitrogen and oxygen atoms in total.